The smallest absolute Gasteiger partial charge is 0.119 e. The maximum Gasteiger partial charge on any atom is 0.119 e. The van der Waals surface area contributed by atoms with Gasteiger partial charge in [-0.3, -0.25) is 0 Å². The fourth-order valence-electron chi connectivity index (χ4n) is 5.13. The molecule has 198 valence electrons. The van der Waals surface area contributed by atoms with E-state index in [9.17, 15) is 5.11 Å². The minimum Gasteiger partial charge on any atom is -0.508 e. The first kappa shape index (κ1) is 31.6. The van der Waals surface area contributed by atoms with Crippen molar-refractivity contribution in [1.82, 2.24) is 9.80 Å². The van der Waals surface area contributed by atoms with E-state index in [4.69, 9.17) is 4.74 Å². The van der Waals surface area contributed by atoms with Crippen molar-refractivity contribution in [3.05, 3.63) is 58.7 Å². The van der Waals surface area contributed by atoms with Gasteiger partial charge in [0, 0.05) is 0 Å². The number of halogens is 2. The summed E-state index contributed by atoms with van der Waals surface area (Å²) in [4.78, 5) is 4.54. The predicted octanol–water partition coefficient (Wildman–Crippen LogP) is 6.04. The quantitative estimate of drug-likeness (QED) is 0.478. The lowest BCUT2D eigenvalue weighted by Gasteiger charge is -2.26. The maximum absolute atomic E-state index is 9.42. The monoisotopic (exact) mass is 524 g/mol. The summed E-state index contributed by atoms with van der Waals surface area (Å²) >= 11 is 0. The summed E-state index contributed by atoms with van der Waals surface area (Å²) in [5.41, 5.74) is 5.81. The molecule has 0 bridgehead atoms. The number of rotatable bonds is 7. The highest BCUT2D eigenvalue weighted by atomic mass is 35.5. The third kappa shape index (κ3) is 10.2. The van der Waals surface area contributed by atoms with E-state index in [2.05, 4.69) is 62.3 Å². The largest absolute Gasteiger partial charge is 0.508 e. The van der Waals surface area contributed by atoms with Gasteiger partial charge in [-0.15, -0.1) is 24.8 Å². The average molecular weight is 526 g/mol. The maximum atomic E-state index is 9.42. The molecule has 0 fully saturated rings. The third-order valence-electron chi connectivity index (χ3n) is 7.23. The van der Waals surface area contributed by atoms with Crippen LogP contribution in [-0.4, -0.2) is 63.3 Å². The Morgan fingerprint density at radius 2 is 1.23 bits per heavy atom. The second kappa shape index (κ2) is 15.6. The second-order valence-corrected chi connectivity index (χ2v) is 10.5. The van der Waals surface area contributed by atoms with Crippen LogP contribution in [-0.2, 0) is 25.7 Å². The minimum absolute atomic E-state index is 0. The molecule has 2 aliphatic rings. The molecule has 4 rings (SSSR count). The highest BCUT2D eigenvalue weighted by molar-refractivity contribution is 5.85. The van der Waals surface area contributed by atoms with Crippen LogP contribution in [0.4, 0.5) is 0 Å². The number of methoxy groups -OCH3 is 1. The molecule has 1 N–H and O–H groups in total. The molecule has 0 saturated heterocycles. The molecule has 35 heavy (non-hydrogen) atoms. The van der Waals surface area contributed by atoms with Crippen molar-refractivity contribution in [1.29, 1.82) is 0 Å². The Morgan fingerprint density at radius 1 is 0.743 bits per heavy atom. The Morgan fingerprint density at radius 3 is 1.71 bits per heavy atom. The normalized spacial score (nSPS) is 18.4. The fraction of sp³-hybridized carbons (Fsp3) is 0.586. The number of hydrogen-bond donors (Lipinski definition) is 1. The standard InChI is InChI=1S/C15H23NO.C14H21NO.2ClH/c1-16(2)9-8-12-4-5-14-11-15(17-3)7-6-13(14)10-12;1-15(2)8-7-11-3-4-13-10-14(16)6-5-12(13)9-11;;/h6-7,11-12H,4-5,8-10H2,1-3H3;5-6,10-11,16H,3-4,7-9H2,1-2H3;2*1H. The molecule has 2 aromatic rings. The lowest BCUT2D eigenvalue weighted by atomic mass is 9.82. The van der Waals surface area contributed by atoms with Crippen LogP contribution in [0.2, 0.25) is 0 Å². The SMILES string of the molecule is CN(C)CCC1CCc2cc(O)ccc2C1.COc1ccc2c(c1)CCC(CCN(C)C)C2.Cl.Cl. The summed E-state index contributed by atoms with van der Waals surface area (Å²) in [7, 11) is 10.3. The van der Waals surface area contributed by atoms with Gasteiger partial charge in [-0.1, -0.05) is 12.1 Å². The van der Waals surface area contributed by atoms with Gasteiger partial charge in [0.2, 0.25) is 0 Å². The van der Waals surface area contributed by atoms with Gasteiger partial charge in [0.25, 0.3) is 0 Å². The van der Waals surface area contributed by atoms with Crippen molar-refractivity contribution >= 4 is 24.8 Å². The number of hydrogen-bond acceptors (Lipinski definition) is 4. The van der Waals surface area contributed by atoms with Crippen LogP contribution < -0.4 is 4.74 Å². The van der Waals surface area contributed by atoms with Crippen molar-refractivity contribution in [2.45, 2.75) is 51.4 Å². The highest BCUT2D eigenvalue weighted by Gasteiger charge is 2.20. The summed E-state index contributed by atoms with van der Waals surface area (Å²) in [6.45, 7) is 2.38. The molecule has 2 atom stereocenters. The van der Waals surface area contributed by atoms with Gasteiger partial charge in [0.15, 0.2) is 0 Å². The number of phenols is 1. The number of phenolic OH excluding ortho intramolecular Hbond substituents is 1. The minimum atomic E-state index is 0. The Hall–Kier alpha value is -1.46. The van der Waals surface area contributed by atoms with E-state index in [0.717, 1.165) is 24.0 Å². The first-order valence-electron chi connectivity index (χ1n) is 12.6. The van der Waals surface area contributed by atoms with E-state index in [0.29, 0.717) is 5.75 Å². The van der Waals surface area contributed by atoms with Gasteiger partial charge in [-0.25, -0.2) is 0 Å². The van der Waals surface area contributed by atoms with Crippen molar-refractivity contribution in [3.63, 3.8) is 0 Å². The van der Waals surface area contributed by atoms with Crippen LogP contribution in [0.25, 0.3) is 0 Å². The number of aryl methyl sites for hydroxylation is 2. The molecule has 0 amide bonds. The molecular weight excluding hydrogens is 479 g/mol. The number of benzene rings is 2. The molecule has 4 nitrogen and oxygen atoms in total. The molecule has 0 radical (unpaired) electrons. The van der Waals surface area contributed by atoms with Crippen LogP contribution >= 0.6 is 24.8 Å². The van der Waals surface area contributed by atoms with Gasteiger partial charge in [-0.05, 0) is 151 Å². The molecule has 0 spiro atoms. The molecule has 0 aliphatic heterocycles. The summed E-state index contributed by atoms with van der Waals surface area (Å²) < 4.78 is 5.28. The lowest BCUT2D eigenvalue weighted by molar-refractivity contribution is 0.330. The highest BCUT2D eigenvalue weighted by Crippen LogP contribution is 2.31. The van der Waals surface area contributed by atoms with Crippen molar-refractivity contribution in [2.75, 3.05) is 48.4 Å². The Labute approximate surface area is 225 Å². The predicted molar refractivity (Wildman–Crippen MR) is 153 cm³/mol. The number of fused-ring (bicyclic) bond motifs is 2. The Balaban J connectivity index is 0.000000332. The van der Waals surface area contributed by atoms with Gasteiger partial charge in [0.1, 0.15) is 11.5 Å². The van der Waals surface area contributed by atoms with Crippen molar-refractivity contribution in [3.8, 4) is 11.5 Å². The number of aromatic hydroxyl groups is 1. The average Bonchev–Trinajstić information content (AvgIpc) is 2.81. The van der Waals surface area contributed by atoms with Crippen LogP contribution in [0.1, 0.15) is 47.9 Å². The van der Waals surface area contributed by atoms with Crippen LogP contribution in [0.3, 0.4) is 0 Å². The zero-order valence-electron chi connectivity index (χ0n) is 22.3. The molecule has 0 aromatic heterocycles. The topological polar surface area (TPSA) is 35.9 Å². The zero-order chi connectivity index (χ0) is 23.8. The van der Waals surface area contributed by atoms with Gasteiger partial charge >= 0.3 is 0 Å². The molecule has 2 aliphatic carbocycles. The number of nitrogens with zero attached hydrogens (tertiary/aromatic N) is 2. The van der Waals surface area contributed by atoms with Gasteiger partial charge in [0.05, 0.1) is 7.11 Å². The van der Waals surface area contributed by atoms with Gasteiger partial charge in [-0.2, -0.15) is 0 Å². The van der Waals surface area contributed by atoms with Crippen molar-refractivity contribution < 1.29 is 9.84 Å². The first-order chi connectivity index (χ1) is 15.8. The van der Waals surface area contributed by atoms with E-state index >= 15 is 0 Å². The zero-order valence-corrected chi connectivity index (χ0v) is 23.9. The molecule has 0 saturated carbocycles. The molecule has 2 aromatic carbocycles. The van der Waals surface area contributed by atoms with E-state index in [1.54, 1.807) is 7.11 Å². The van der Waals surface area contributed by atoms with E-state index < -0.39 is 0 Å². The third-order valence-corrected chi connectivity index (χ3v) is 7.23. The van der Waals surface area contributed by atoms with E-state index in [1.807, 2.05) is 12.1 Å². The summed E-state index contributed by atoms with van der Waals surface area (Å²) in [5, 5.41) is 9.42. The summed E-state index contributed by atoms with van der Waals surface area (Å²) in [6, 6.07) is 12.4. The Kier molecular flexibility index (Phi) is 14.1. The molecule has 2 unspecified atom stereocenters. The molecule has 0 heterocycles. The Bertz CT molecular complexity index is 889. The van der Waals surface area contributed by atoms with Crippen LogP contribution in [0.15, 0.2) is 36.4 Å². The van der Waals surface area contributed by atoms with E-state index in [1.165, 1.54) is 80.3 Å². The number of ether oxygens (including phenoxy) is 1. The van der Waals surface area contributed by atoms with Gasteiger partial charge < -0.3 is 19.6 Å². The fourth-order valence-corrected chi connectivity index (χ4v) is 5.13. The second-order valence-electron chi connectivity index (χ2n) is 10.5. The van der Waals surface area contributed by atoms with Crippen LogP contribution in [0, 0.1) is 11.8 Å². The summed E-state index contributed by atoms with van der Waals surface area (Å²) in [5.74, 6) is 3.08. The summed E-state index contributed by atoms with van der Waals surface area (Å²) in [6.07, 6.45) is 9.97. The molecule has 6 heteroatoms. The first-order valence-corrected chi connectivity index (χ1v) is 12.6. The lowest BCUT2D eigenvalue weighted by Crippen LogP contribution is -2.21. The van der Waals surface area contributed by atoms with E-state index in [-0.39, 0.29) is 24.8 Å². The van der Waals surface area contributed by atoms with Crippen LogP contribution in [0.5, 0.6) is 11.5 Å². The molecular formula is C29H46Cl2N2O2. The van der Waals surface area contributed by atoms with Crippen molar-refractivity contribution in [2.24, 2.45) is 11.8 Å².